The van der Waals surface area contributed by atoms with Crippen molar-refractivity contribution in [2.45, 2.75) is 43.1 Å². The molecule has 0 radical (unpaired) electrons. The monoisotopic (exact) mass is 444 g/mol. The molecule has 0 heterocycles. The first-order chi connectivity index (χ1) is 12.0. The van der Waals surface area contributed by atoms with Gasteiger partial charge in [0.15, 0.2) is 0 Å². The number of ether oxygens (including phenoxy) is 2. The lowest BCUT2D eigenvalue weighted by Gasteiger charge is -2.56. The van der Waals surface area contributed by atoms with Gasteiger partial charge in [-0.1, -0.05) is 19.4 Å². The average molecular weight is 444 g/mol. The van der Waals surface area contributed by atoms with Crippen molar-refractivity contribution < 1.29 is 46.7 Å². The van der Waals surface area contributed by atoms with Gasteiger partial charge in [-0.15, -0.1) is 0 Å². The van der Waals surface area contributed by atoms with Crippen molar-refractivity contribution in [3.63, 3.8) is 0 Å². The minimum absolute atomic E-state index is 0.109. The fraction of sp³-hybridized carbons (Fsp3) is 0.929. The van der Waals surface area contributed by atoms with Crippen LogP contribution < -0.4 is 0 Å². The Balaban J connectivity index is 1.58. The van der Waals surface area contributed by atoms with Gasteiger partial charge in [0.1, 0.15) is 13.2 Å². The number of halogens is 5. The Morgan fingerprint density at radius 1 is 1.00 bits per heavy atom. The molecule has 4 fully saturated rings. The highest BCUT2D eigenvalue weighted by Gasteiger charge is 2.75. The first kappa shape index (κ1) is 20.9. The van der Waals surface area contributed by atoms with Crippen molar-refractivity contribution in [2.75, 3.05) is 13.2 Å². The molecule has 0 spiro atoms. The third-order valence-electron chi connectivity index (χ3n) is 5.83. The lowest BCUT2D eigenvalue weighted by molar-refractivity contribution is -0.0897. The van der Waals surface area contributed by atoms with E-state index in [1.807, 2.05) is 0 Å². The number of carbonyl (C=O) groups is 1. The van der Waals surface area contributed by atoms with E-state index in [2.05, 4.69) is 4.74 Å². The summed E-state index contributed by atoms with van der Waals surface area (Å²) in [4.78, 5) is 11.6. The van der Waals surface area contributed by atoms with Crippen LogP contribution in [0.4, 0.5) is 24.2 Å². The van der Waals surface area contributed by atoms with E-state index >= 15 is 0 Å². The molecule has 0 amide bonds. The van der Waals surface area contributed by atoms with Gasteiger partial charge in [-0.25, -0.2) is 4.79 Å². The van der Waals surface area contributed by atoms with Crippen molar-refractivity contribution in [2.24, 2.45) is 23.2 Å². The Labute approximate surface area is 153 Å². The van der Waals surface area contributed by atoms with Gasteiger partial charge in [0.05, 0.1) is 0 Å². The summed E-state index contributed by atoms with van der Waals surface area (Å²) in [6.07, 6.45) is 4.15. The topological polar surface area (TPSA) is 89.9 Å². The summed E-state index contributed by atoms with van der Waals surface area (Å²) >= 11 is 0. The molecule has 1 unspecified atom stereocenters. The minimum Gasteiger partial charge on any atom is -0.434 e. The molecule has 4 aliphatic carbocycles. The summed E-state index contributed by atoms with van der Waals surface area (Å²) < 4.78 is 98.0. The van der Waals surface area contributed by atoms with Crippen LogP contribution in [0.2, 0.25) is 0 Å². The summed E-state index contributed by atoms with van der Waals surface area (Å²) in [6, 6.07) is 0. The van der Waals surface area contributed by atoms with Crippen LogP contribution in [-0.2, 0) is 19.6 Å². The van der Waals surface area contributed by atoms with E-state index in [1.165, 1.54) is 0 Å². The van der Waals surface area contributed by atoms with E-state index in [1.54, 1.807) is 0 Å². The van der Waals surface area contributed by atoms with E-state index in [4.69, 9.17) is 9.29 Å². The van der Waals surface area contributed by atoms with Crippen LogP contribution in [-0.4, -0.2) is 36.9 Å². The number of carbonyl (C=O) groups excluding carboxylic acids is 1. The van der Waals surface area contributed by atoms with E-state index in [9.17, 15) is 32.6 Å². The van der Waals surface area contributed by atoms with E-state index in [0.717, 1.165) is 38.5 Å². The third-order valence-corrected chi connectivity index (χ3v) is 9.58. The number of hydrogen-bond donors (Lipinski definition) is 1. The van der Waals surface area contributed by atoms with Crippen molar-refractivity contribution in [1.29, 1.82) is 0 Å². The van der Waals surface area contributed by atoms with Gasteiger partial charge >= 0.3 is 16.4 Å². The Morgan fingerprint density at radius 3 is 1.81 bits per heavy atom. The maximum Gasteiger partial charge on any atom is 0.508 e. The van der Waals surface area contributed by atoms with Gasteiger partial charge < -0.3 is 9.47 Å². The third kappa shape index (κ3) is 4.78. The molecular weight excluding hydrogens is 423 g/mol. The molecule has 4 rings (SSSR count). The molecule has 160 valence electrons. The van der Waals surface area contributed by atoms with Crippen LogP contribution in [0.1, 0.15) is 38.5 Å². The Kier molecular flexibility index (Phi) is 4.35. The molecule has 0 aromatic heterocycles. The molecule has 1 atom stereocenters. The minimum atomic E-state index is -10.7. The van der Waals surface area contributed by atoms with E-state index in [-0.39, 0.29) is 12.0 Å². The van der Waals surface area contributed by atoms with Gasteiger partial charge in [0, 0.05) is 5.41 Å². The molecule has 0 saturated heterocycles. The SMILES string of the molecule is O=C(OCC(S(=O)(=O)O)S(F)(F)(F)(F)F)OCC12CC3CC(CC(C3)C1)C2. The zero-order valence-corrected chi connectivity index (χ0v) is 15.8. The largest absolute Gasteiger partial charge is 0.508 e. The standard InChI is InChI=1S/C14H21F5O6S2/c15-27(16,17,18,19)12(26(21,22)23)7-24-13(20)25-8-14-4-9-1-10(5-14)3-11(2-9)6-14/h9-12H,1-8H2,(H,21,22,23). The van der Waals surface area contributed by atoms with E-state index < -0.39 is 37.7 Å². The highest BCUT2D eigenvalue weighted by Crippen LogP contribution is 3.00. The van der Waals surface area contributed by atoms with E-state index in [0.29, 0.717) is 17.8 Å². The molecule has 13 heteroatoms. The van der Waals surface area contributed by atoms with Gasteiger partial charge in [-0.05, 0) is 56.3 Å². The quantitative estimate of drug-likeness (QED) is 0.357. The zero-order valence-electron chi connectivity index (χ0n) is 14.2. The first-order valence-corrected chi connectivity index (χ1v) is 12.0. The molecule has 0 aromatic carbocycles. The van der Waals surface area contributed by atoms with Crippen molar-refractivity contribution in [3.8, 4) is 0 Å². The van der Waals surface area contributed by atoms with Crippen LogP contribution in [0.5, 0.6) is 0 Å². The average Bonchev–Trinajstić information content (AvgIpc) is 2.39. The highest BCUT2D eigenvalue weighted by molar-refractivity contribution is 8.50. The molecule has 0 aliphatic heterocycles. The predicted molar refractivity (Wildman–Crippen MR) is 86.4 cm³/mol. The van der Waals surface area contributed by atoms with Gasteiger partial charge in [0.2, 0.25) is 0 Å². The summed E-state index contributed by atoms with van der Waals surface area (Å²) in [5.41, 5.74) is -0.281. The molecule has 4 bridgehead atoms. The predicted octanol–water partition coefficient (Wildman–Crippen LogP) is 4.87. The molecule has 27 heavy (non-hydrogen) atoms. The molecule has 1 N–H and O–H groups in total. The second-order valence-corrected chi connectivity index (χ2v) is 12.8. The molecule has 0 aromatic rings. The second-order valence-electron chi connectivity index (χ2n) is 8.24. The van der Waals surface area contributed by atoms with Crippen molar-refractivity contribution in [3.05, 3.63) is 0 Å². The van der Waals surface area contributed by atoms with Crippen molar-refractivity contribution >= 4 is 26.5 Å². The lowest BCUT2D eigenvalue weighted by atomic mass is 9.50. The Hall–Kier alpha value is -0.820. The van der Waals surface area contributed by atoms with Crippen LogP contribution in [0, 0.1) is 23.2 Å². The van der Waals surface area contributed by atoms with Crippen LogP contribution in [0.15, 0.2) is 0 Å². The zero-order chi connectivity index (χ0) is 20.4. The summed E-state index contributed by atoms with van der Waals surface area (Å²) in [5, 5.41) is 0. The summed E-state index contributed by atoms with van der Waals surface area (Å²) in [6.45, 7) is -2.38. The Bertz CT molecular complexity index is 700. The summed E-state index contributed by atoms with van der Waals surface area (Å²) in [5.74, 6) is 1.56. The van der Waals surface area contributed by atoms with Gasteiger partial charge in [-0.3, -0.25) is 4.55 Å². The molecule has 4 saturated carbocycles. The molecule has 4 aliphatic rings. The fourth-order valence-corrected chi connectivity index (χ4v) is 7.70. The Morgan fingerprint density at radius 2 is 1.44 bits per heavy atom. The molecule has 6 nitrogen and oxygen atoms in total. The van der Waals surface area contributed by atoms with Crippen LogP contribution in [0.25, 0.3) is 0 Å². The van der Waals surface area contributed by atoms with Gasteiger partial charge in [-0.2, -0.15) is 8.42 Å². The molecular formula is C14H21F5O6S2. The smallest absolute Gasteiger partial charge is 0.434 e. The normalized spacial score (nSPS) is 36.6. The summed E-state index contributed by atoms with van der Waals surface area (Å²) in [7, 11) is -16.9. The fourth-order valence-electron chi connectivity index (χ4n) is 5.30. The number of rotatable bonds is 6. The number of hydrogen-bond acceptors (Lipinski definition) is 5. The van der Waals surface area contributed by atoms with Crippen LogP contribution in [0.3, 0.4) is 0 Å². The first-order valence-electron chi connectivity index (χ1n) is 8.45. The van der Waals surface area contributed by atoms with Crippen molar-refractivity contribution in [1.82, 2.24) is 0 Å². The second kappa shape index (κ2) is 5.62. The maximum absolute atomic E-state index is 12.7. The van der Waals surface area contributed by atoms with Crippen LogP contribution >= 0.6 is 10.2 Å². The van der Waals surface area contributed by atoms with Gasteiger partial charge in [0.25, 0.3) is 14.7 Å². The lowest BCUT2D eigenvalue weighted by Crippen LogP contribution is -2.48. The maximum atomic E-state index is 12.7. The highest BCUT2D eigenvalue weighted by atomic mass is 32.5.